The van der Waals surface area contributed by atoms with Gasteiger partial charge in [0.2, 0.25) is 0 Å². The Kier molecular flexibility index (Phi) is 4.62. The van der Waals surface area contributed by atoms with Crippen LogP contribution in [-0.4, -0.2) is 20.6 Å². The molecule has 0 saturated carbocycles. The summed E-state index contributed by atoms with van der Waals surface area (Å²) >= 11 is 3.15. The predicted molar refractivity (Wildman–Crippen MR) is 66.9 cm³/mol. The maximum Gasteiger partial charge on any atom is 0.331 e. The van der Waals surface area contributed by atoms with Gasteiger partial charge >= 0.3 is 5.97 Å². The smallest absolute Gasteiger partial charge is 0.331 e. The lowest BCUT2D eigenvalue weighted by molar-refractivity contribution is -0.132. The van der Waals surface area contributed by atoms with E-state index in [9.17, 15) is 9.59 Å². The van der Waals surface area contributed by atoms with Crippen molar-refractivity contribution in [2.45, 2.75) is 26.8 Å². The van der Waals surface area contributed by atoms with Gasteiger partial charge in [0.05, 0.1) is 12.0 Å². The number of allylic oxidation sites excluding steroid dienone is 1. The van der Waals surface area contributed by atoms with Crippen LogP contribution in [0.2, 0.25) is 0 Å². The molecule has 0 atom stereocenters. The Labute approximate surface area is 107 Å². The van der Waals surface area contributed by atoms with Gasteiger partial charge in [0.15, 0.2) is 0 Å². The summed E-state index contributed by atoms with van der Waals surface area (Å²) < 4.78 is 1.76. The molecule has 92 valence electrons. The SMILES string of the molecule is CCC(=CCn1cnc(C)c(Br)c1=O)C(=O)O. The lowest BCUT2D eigenvalue weighted by atomic mass is 10.2. The van der Waals surface area contributed by atoms with Crippen molar-refractivity contribution in [1.29, 1.82) is 0 Å². The summed E-state index contributed by atoms with van der Waals surface area (Å²) in [6, 6.07) is 0. The van der Waals surface area contributed by atoms with Crippen LogP contribution in [0.15, 0.2) is 27.2 Å². The van der Waals surface area contributed by atoms with Crippen LogP contribution in [0.3, 0.4) is 0 Å². The molecule has 1 heterocycles. The molecule has 1 N–H and O–H groups in total. The summed E-state index contributed by atoms with van der Waals surface area (Å²) in [5.74, 6) is -0.959. The minimum Gasteiger partial charge on any atom is -0.478 e. The van der Waals surface area contributed by atoms with Gasteiger partial charge in [-0.1, -0.05) is 13.0 Å². The second kappa shape index (κ2) is 5.77. The number of rotatable bonds is 4. The molecule has 5 nitrogen and oxygen atoms in total. The largest absolute Gasteiger partial charge is 0.478 e. The molecule has 0 fully saturated rings. The molecule has 0 saturated heterocycles. The summed E-state index contributed by atoms with van der Waals surface area (Å²) in [6.45, 7) is 3.69. The quantitative estimate of drug-likeness (QED) is 0.860. The zero-order chi connectivity index (χ0) is 13.0. The Morgan fingerprint density at radius 1 is 1.65 bits per heavy atom. The number of aryl methyl sites for hydroxylation is 1. The fourth-order valence-electron chi connectivity index (χ4n) is 1.27. The third-order valence-corrected chi connectivity index (χ3v) is 3.26. The maximum atomic E-state index is 11.8. The number of carboxylic acid groups (broad SMARTS) is 1. The van der Waals surface area contributed by atoms with E-state index in [-0.39, 0.29) is 17.7 Å². The maximum absolute atomic E-state index is 11.8. The molecule has 0 unspecified atom stereocenters. The van der Waals surface area contributed by atoms with Crippen LogP contribution in [0.5, 0.6) is 0 Å². The van der Waals surface area contributed by atoms with E-state index in [1.54, 1.807) is 13.8 Å². The van der Waals surface area contributed by atoms with Gasteiger partial charge in [-0.3, -0.25) is 9.36 Å². The van der Waals surface area contributed by atoms with Crippen LogP contribution < -0.4 is 5.56 Å². The van der Waals surface area contributed by atoms with Crippen LogP contribution >= 0.6 is 15.9 Å². The average Bonchev–Trinajstić information content (AvgIpc) is 2.29. The van der Waals surface area contributed by atoms with Crippen LogP contribution in [0.1, 0.15) is 19.0 Å². The molecule has 17 heavy (non-hydrogen) atoms. The second-order valence-electron chi connectivity index (χ2n) is 3.49. The monoisotopic (exact) mass is 300 g/mol. The van der Waals surface area contributed by atoms with Crippen molar-refractivity contribution in [3.8, 4) is 0 Å². The van der Waals surface area contributed by atoms with Gasteiger partial charge in [-0.25, -0.2) is 9.78 Å². The average molecular weight is 301 g/mol. The third kappa shape index (κ3) is 3.26. The van der Waals surface area contributed by atoms with Crippen molar-refractivity contribution >= 4 is 21.9 Å². The first-order valence-corrected chi connectivity index (χ1v) is 5.90. The molecular formula is C11H13BrN2O3. The second-order valence-corrected chi connectivity index (χ2v) is 4.28. The molecule has 0 aromatic carbocycles. The van der Waals surface area contributed by atoms with Crippen molar-refractivity contribution in [2.75, 3.05) is 0 Å². The van der Waals surface area contributed by atoms with Crippen LogP contribution in [0.25, 0.3) is 0 Å². The zero-order valence-electron chi connectivity index (χ0n) is 9.61. The highest BCUT2D eigenvalue weighted by Crippen LogP contribution is 2.06. The number of hydrogen-bond acceptors (Lipinski definition) is 3. The Balaban J connectivity index is 3.02. The highest BCUT2D eigenvalue weighted by atomic mass is 79.9. The van der Waals surface area contributed by atoms with Gasteiger partial charge in [-0.05, 0) is 29.3 Å². The topological polar surface area (TPSA) is 72.2 Å². The summed E-state index contributed by atoms with van der Waals surface area (Å²) in [5, 5.41) is 8.84. The van der Waals surface area contributed by atoms with Crippen LogP contribution in [0, 0.1) is 6.92 Å². The number of hydrogen-bond donors (Lipinski definition) is 1. The standard InChI is InChI=1S/C11H13BrN2O3/c1-3-8(11(16)17)4-5-14-6-13-7(2)9(12)10(14)15/h4,6H,3,5H2,1-2H3,(H,16,17). The number of halogens is 1. The number of aromatic nitrogens is 2. The van der Waals surface area contributed by atoms with Crippen molar-refractivity contribution in [3.05, 3.63) is 38.5 Å². The minimum atomic E-state index is -0.959. The van der Waals surface area contributed by atoms with Gasteiger partial charge < -0.3 is 5.11 Å². The molecule has 0 amide bonds. The van der Waals surface area contributed by atoms with E-state index in [2.05, 4.69) is 20.9 Å². The van der Waals surface area contributed by atoms with Crippen molar-refractivity contribution in [1.82, 2.24) is 9.55 Å². The Morgan fingerprint density at radius 2 is 2.29 bits per heavy atom. The lowest BCUT2D eigenvalue weighted by Crippen LogP contribution is -2.22. The molecule has 1 aromatic rings. The highest BCUT2D eigenvalue weighted by molar-refractivity contribution is 9.10. The predicted octanol–water partition coefficient (Wildman–Crippen LogP) is 1.74. The minimum absolute atomic E-state index is 0.209. The first kappa shape index (κ1) is 13.6. The molecular weight excluding hydrogens is 288 g/mol. The Morgan fingerprint density at radius 3 is 2.82 bits per heavy atom. The number of nitrogens with zero attached hydrogens (tertiary/aromatic N) is 2. The molecule has 0 aliphatic carbocycles. The van der Waals surface area contributed by atoms with Gasteiger partial charge in [-0.15, -0.1) is 0 Å². The van der Waals surface area contributed by atoms with E-state index in [4.69, 9.17) is 5.11 Å². The van der Waals surface area contributed by atoms with Crippen LogP contribution in [-0.2, 0) is 11.3 Å². The fraction of sp³-hybridized carbons (Fsp3) is 0.364. The molecule has 1 rings (SSSR count). The van der Waals surface area contributed by atoms with E-state index in [0.29, 0.717) is 16.6 Å². The van der Waals surface area contributed by atoms with Crippen molar-refractivity contribution < 1.29 is 9.90 Å². The van der Waals surface area contributed by atoms with Gasteiger partial charge in [0.25, 0.3) is 5.56 Å². The molecule has 0 bridgehead atoms. The highest BCUT2D eigenvalue weighted by Gasteiger charge is 2.06. The van der Waals surface area contributed by atoms with Crippen molar-refractivity contribution in [3.63, 3.8) is 0 Å². The summed E-state index contributed by atoms with van der Waals surface area (Å²) in [4.78, 5) is 26.6. The normalized spacial score (nSPS) is 11.6. The Bertz CT molecular complexity index is 520. The first-order chi connectivity index (χ1) is 7.97. The molecule has 0 radical (unpaired) electrons. The van der Waals surface area contributed by atoms with Crippen LogP contribution in [0.4, 0.5) is 0 Å². The summed E-state index contributed by atoms with van der Waals surface area (Å²) in [5.41, 5.74) is 0.687. The van der Waals surface area contributed by atoms with E-state index in [1.165, 1.54) is 17.0 Å². The molecule has 0 spiro atoms. The first-order valence-electron chi connectivity index (χ1n) is 5.11. The lowest BCUT2D eigenvalue weighted by Gasteiger charge is -2.04. The summed E-state index contributed by atoms with van der Waals surface area (Å²) in [6.07, 6.45) is 3.35. The van der Waals surface area contributed by atoms with E-state index < -0.39 is 5.97 Å². The Hall–Kier alpha value is -1.43. The number of carbonyl (C=O) groups is 1. The molecule has 0 aliphatic heterocycles. The van der Waals surface area contributed by atoms with Gasteiger partial charge in [0, 0.05) is 12.1 Å². The van der Waals surface area contributed by atoms with Crippen molar-refractivity contribution in [2.24, 2.45) is 0 Å². The third-order valence-electron chi connectivity index (χ3n) is 2.35. The zero-order valence-corrected chi connectivity index (χ0v) is 11.2. The number of aliphatic carboxylic acids is 1. The molecule has 0 aliphatic rings. The fourth-order valence-corrected chi connectivity index (χ4v) is 1.60. The molecule has 6 heteroatoms. The number of carboxylic acids is 1. The van der Waals surface area contributed by atoms with E-state index >= 15 is 0 Å². The summed E-state index contributed by atoms with van der Waals surface area (Å²) in [7, 11) is 0. The molecule has 1 aromatic heterocycles. The van der Waals surface area contributed by atoms with E-state index in [0.717, 1.165) is 0 Å². The van der Waals surface area contributed by atoms with Gasteiger partial charge in [-0.2, -0.15) is 0 Å². The van der Waals surface area contributed by atoms with E-state index in [1.807, 2.05) is 0 Å². The van der Waals surface area contributed by atoms with Gasteiger partial charge in [0.1, 0.15) is 4.47 Å².